The Morgan fingerprint density at radius 2 is 1.50 bits per heavy atom. The predicted molar refractivity (Wildman–Crippen MR) is 128 cm³/mol. The van der Waals surface area contributed by atoms with E-state index < -0.39 is 15.8 Å². The molecule has 0 bridgehead atoms. The third-order valence-corrected chi connectivity index (χ3v) is 6.43. The van der Waals surface area contributed by atoms with Crippen molar-refractivity contribution in [2.75, 3.05) is 30.8 Å². The molecule has 0 aliphatic rings. The molecule has 176 valence electrons. The molecule has 0 spiro atoms. The van der Waals surface area contributed by atoms with Crippen molar-refractivity contribution < 1.29 is 22.3 Å². The largest absolute Gasteiger partial charge is 0.493 e. The van der Waals surface area contributed by atoms with E-state index in [1.807, 2.05) is 24.3 Å². The smallest absolute Gasteiger partial charge is 0.263 e. The minimum atomic E-state index is -4.00. The van der Waals surface area contributed by atoms with Crippen LogP contribution in [0.1, 0.15) is 5.56 Å². The molecule has 0 fully saturated rings. The molecule has 0 amide bonds. The summed E-state index contributed by atoms with van der Waals surface area (Å²) in [7, 11) is -0.856. The Balaban J connectivity index is 1.59. The molecule has 1 aromatic heterocycles. The fourth-order valence-electron chi connectivity index (χ4n) is 3.36. The zero-order valence-corrected chi connectivity index (χ0v) is 19.4. The van der Waals surface area contributed by atoms with E-state index in [0.717, 1.165) is 17.7 Å². The number of sulfonamides is 1. The third kappa shape index (κ3) is 5.18. The number of methoxy groups -OCH3 is 2. The Morgan fingerprint density at radius 3 is 2.15 bits per heavy atom. The van der Waals surface area contributed by atoms with Crippen molar-refractivity contribution in [3.63, 3.8) is 0 Å². The fraction of sp³-hybridized carbons (Fsp3) is 0.167. The van der Waals surface area contributed by atoms with Gasteiger partial charge in [0.2, 0.25) is 0 Å². The zero-order chi connectivity index (χ0) is 24.1. The van der Waals surface area contributed by atoms with Crippen LogP contribution in [0.4, 0.5) is 16.0 Å². The molecule has 0 aliphatic carbocycles. The van der Waals surface area contributed by atoms with Crippen molar-refractivity contribution in [3.8, 4) is 11.5 Å². The normalized spacial score (nSPS) is 11.3. The van der Waals surface area contributed by atoms with Gasteiger partial charge in [0.25, 0.3) is 10.0 Å². The van der Waals surface area contributed by atoms with Gasteiger partial charge in [-0.25, -0.2) is 22.8 Å². The second kappa shape index (κ2) is 9.92. The van der Waals surface area contributed by atoms with Gasteiger partial charge >= 0.3 is 0 Å². The third-order valence-electron chi connectivity index (χ3n) is 5.08. The quantitative estimate of drug-likeness (QED) is 0.368. The van der Waals surface area contributed by atoms with Crippen LogP contribution in [0.2, 0.25) is 0 Å². The van der Waals surface area contributed by atoms with E-state index in [-0.39, 0.29) is 16.5 Å². The van der Waals surface area contributed by atoms with Gasteiger partial charge < -0.3 is 14.8 Å². The molecule has 0 saturated heterocycles. The zero-order valence-electron chi connectivity index (χ0n) is 18.6. The molecule has 0 aliphatic heterocycles. The average Bonchev–Trinajstić information content (AvgIpc) is 2.84. The number of anilines is 2. The lowest BCUT2D eigenvalue weighted by atomic mass is 10.1. The summed E-state index contributed by atoms with van der Waals surface area (Å²) in [6, 6.07) is 17.3. The number of nitrogens with zero attached hydrogens (tertiary/aromatic N) is 2. The van der Waals surface area contributed by atoms with Crippen molar-refractivity contribution in [3.05, 3.63) is 78.1 Å². The van der Waals surface area contributed by atoms with E-state index in [9.17, 15) is 12.8 Å². The highest BCUT2D eigenvalue weighted by atomic mass is 32.2. The topological polar surface area (TPSA) is 102 Å². The lowest BCUT2D eigenvalue weighted by molar-refractivity contribution is 0.354. The lowest BCUT2D eigenvalue weighted by Crippen LogP contribution is -2.17. The van der Waals surface area contributed by atoms with Crippen LogP contribution in [0.3, 0.4) is 0 Å². The first-order chi connectivity index (χ1) is 16.4. The number of hydrogen-bond acceptors (Lipinski definition) is 7. The first-order valence-corrected chi connectivity index (χ1v) is 11.9. The number of benzene rings is 3. The molecule has 0 atom stereocenters. The molecule has 0 unspecified atom stereocenters. The van der Waals surface area contributed by atoms with Crippen molar-refractivity contribution in [1.82, 2.24) is 9.97 Å². The van der Waals surface area contributed by atoms with Crippen LogP contribution in [-0.4, -0.2) is 39.2 Å². The van der Waals surface area contributed by atoms with Crippen LogP contribution >= 0.6 is 0 Å². The van der Waals surface area contributed by atoms with Crippen LogP contribution in [0, 0.1) is 5.82 Å². The Labute approximate surface area is 196 Å². The number of ether oxygens (including phenoxy) is 2. The highest BCUT2D eigenvalue weighted by molar-refractivity contribution is 7.92. The Morgan fingerprint density at radius 1 is 0.853 bits per heavy atom. The van der Waals surface area contributed by atoms with Crippen LogP contribution in [0.25, 0.3) is 11.0 Å². The van der Waals surface area contributed by atoms with Crippen molar-refractivity contribution >= 4 is 32.7 Å². The van der Waals surface area contributed by atoms with Crippen LogP contribution in [0.15, 0.2) is 71.6 Å². The van der Waals surface area contributed by atoms with Crippen molar-refractivity contribution in [2.24, 2.45) is 0 Å². The van der Waals surface area contributed by atoms with Crippen LogP contribution in [0.5, 0.6) is 11.5 Å². The van der Waals surface area contributed by atoms with Crippen molar-refractivity contribution in [1.29, 1.82) is 0 Å². The Kier molecular flexibility index (Phi) is 6.78. The maximum absolute atomic E-state index is 13.2. The molecule has 1 heterocycles. The number of fused-ring (bicyclic) bond motifs is 1. The molecule has 0 radical (unpaired) electrons. The summed E-state index contributed by atoms with van der Waals surface area (Å²) in [5.41, 5.74) is 2.14. The van der Waals surface area contributed by atoms with Gasteiger partial charge in [-0.2, -0.15) is 0 Å². The van der Waals surface area contributed by atoms with E-state index >= 15 is 0 Å². The Hall–Kier alpha value is -3.92. The molecule has 10 heteroatoms. The summed E-state index contributed by atoms with van der Waals surface area (Å²) in [5, 5.41) is 3.17. The van der Waals surface area contributed by atoms with E-state index in [2.05, 4.69) is 20.0 Å². The minimum absolute atomic E-state index is 0.0512. The summed E-state index contributed by atoms with van der Waals surface area (Å²) in [5.74, 6) is 1.07. The molecule has 8 nitrogen and oxygen atoms in total. The number of halogens is 1. The minimum Gasteiger partial charge on any atom is -0.493 e. The van der Waals surface area contributed by atoms with E-state index in [1.54, 1.807) is 32.4 Å². The molecule has 4 aromatic rings. The number of para-hydroxylation sites is 2. The molecule has 0 saturated carbocycles. The lowest BCUT2D eigenvalue weighted by Gasteiger charge is -2.14. The number of nitrogens with one attached hydrogen (secondary N) is 2. The van der Waals surface area contributed by atoms with E-state index in [0.29, 0.717) is 35.5 Å². The monoisotopic (exact) mass is 482 g/mol. The van der Waals surface area contributed by atoms with Gasteiger partial charge in [0.15, 0.2) is 23.1 Å². The second-order valence-electron chi connectivity index (χ2n) is 7.34. The van der Waals surface area contributed by atoms with Gasteiger partial charge in [-0.3, -0.25) is 4.72 Å². The first kappa shape index (κ1) is 23.2. The Bertz CT molecular complexity index is 1410. The van der Waals surface area contributed by atoms with Gasteiger partial charge in [0.05, 0.1) is 30.1 Å². The van der Waals surface area contributed by atoms with Gasteiger partial charge in [-0.1, -0.05) is 18.2 Å². The fourth-order valence-corrected chi connectivity index (χ4v) is 4.36. The van der Waals surface area contributed by atoms with E-state index in [1.165, 1.54) is 12.1 Å². The number of aromatic nitrogens is 2. The highest BCUT2D eigenvalue weighted by Gasteiger charge is 2.19. The summed E-state index contributed by atoms with van der Waals surface area (Å²) in [4.78, 5) is 8.92. The van der Waals surface area contributed by atoms with Crippen LogP contribution in [-0.2, 0) is 16.4 Å². The molecular formula is C24H23FN4O4S. The number of rotatable bonds is 9. The van der Waals surface area contributed by atoms with E-state index in [4.69, 9.17) is 9.47 Å². The highest BCUT2D eigenvalue weighted by Crippen LogP contribution is 2.28. The van der Waals surface area contributed by atoms with Gasteiger partial charge in [-0.15, -0.1) is 0 Å². The van der Waals surface area contributed by atoms with Gasteiger partial charge in [0, 0.05) is 6.54 Å². The summed E-state index contributed by atoms with van der Waals surface area (Å²) >= 11 is 0. The SMILES string of the molecule is COc1ccc(CCNc2nc3ccccc3nc2NS(=O)(=O)c2ccc(F)cc2)cc1OC. The second-order valence-corrected chi connectivity index (χ2v) is 9.02. The standard InChI is InChI=1S/C24H23FN4O4S/c1-32-21-12-7-16(15-22(21)33-2)13-14-26-23-24(28-20-6-4-3-5-19(20)27-23)29-34(30,31)18-10-8-17(25)9-11-18/h3-12,15H,13-14H2,1-2H3,(H,26,27)(H,28,29). The summed E-state index contributed by atoms with van der Waals surface area (Å²) in [6.45, 7) is 0.452. The maximum atomic E-state index is 13.2. The predicted octanol–water partition coefficient (Wildman–Crippen LogP) is 4.24. The first-order valence-electron chi connectivity index (χ1n) is 10.4. The van der Waals surface area contributed by atoms with Crippen LogP contribution < -0.4 is 19.5 Å². The molecule has 34 heavy (non-hydrogen) atoms. The maximum Gasteiger partial charge on any atom is 0.263 e. The molecule has 4 rings (SSSR count). The average molecular weight is 483 g/mol. The number of hydrogen-bond donors (Lipinski definition) is 2. The molecule has 3 aromatic carbocycles. The van der Waals surface area contributed by atoms with Gasteiger partial charge in [0.1, 0.15) is 5.82 Å². The van der Waals surface area contributed by atoms with Crippen molar-refractivity contribution in [2.45, 2.75) is 11.3 Å². The van der Waals surface area contributed by atoms with Gasteiger partial charge in [-0.05, 0) is 60.5 Å². The molecular weight excluding hydrogens is 459 g/mol. The summed E-state index contributed by atoms with van der Waals surface area (Å²) in [6.07, 6.45) is 0.610. The molecule has 2 N–H and O–H groups in total. The summed E-state index contributed by atoms with van der Waals surface area (Å²) < 4.78 is 52.1.